The van der Waals surface area contributed by atoms with E-state index in [9.17, 15) is 14.4 Å². The molecule has 1 saturated heterocycles. The third-order valence-corrected chi connectivity index (χ3v) is 8.71. The number of Topliss-reactive ketones (excluding diaryl/α,β-unsaturated/α-hetero) is 1. The normalized spacial score (nSPS) is 27.8. The Bertz CT molecular complexity index is 1130. The van der Waals surface area contributed by atoms with E-state index < -0.39 is 5.41 Å². The van der Waals surface area contributed by atoms with Crippen LogP contribution >= 0.6 is 0 Å². The van der Waals surface area contributed by atoms with E-state index in [1.54, 1.807) is 33.7 Å². The fraction of sp³-hybridized carbons (Fsp3) is 0.615. The molecule has 4 fully saturated rings. The van der Waals surface area contributed by atoms with E-state index >= 15 is 0 Å². The van der Waals surface area contributed by atoms with Gasteiger partial charge in [0.15, 0.2) is 0 Å². The average Bonchev–Trinajstić information content (AvgIpc) is 3.23. The van der Waals surface area contributed by atoms with Gasteiger partial charge in [-0.05, 0) is 54.6 Å². The first-order valence-corrected chi connectivity index (χ1v) is 12.2. The van der Waals surface area contributed by atoms with Crippen molar-refractivity contribution < 1.29 is 14.4 Å². The molecule has 0 radical (unpaired) electrons. The van der Waals surface area contributed by atoms with E-state index in [1.165, 1.54) is 19.3 Å². The van der Waals surface area contributed by atoms with E-state index in [2.05, 4.69) is 24.1 Å². The summed E-state index contributed by atoms with van der Waals surface area (Å²) in [5.41, 5.74) is 1.19. The van der Waals surface area contributed by atoms with E-state index in [0.29, 0.717) is 60.3 Å². The minimum Gasteiger partial charge on any atom is -0.350 e. The first kappa shape index (κ1) is 22.1. The molecule has 2 bridgehead atoms. The van der Waals surface area contributed by atoms with Gasteiger partial charge < -0.3 is 10.2 Å². The molecule has 3 aliphatic carbocycles. The summed E-state index contributed by atoms with van der Waals surface area (Å²) < 4.78 is 1.70. The molecule has 7 nitrogen and oxygen atoms in total. The largest absolute Gasteiger partial charge is 0.350 e. The lowest BCUT2D eigenvalue weighted by molar-refractivity contribution is -0.130. The zero-order valence-corrected chi connectivity index (χ0v) is 20.1. The Kier molecular flexibility index (Phi) is 5.14. The number of hydrogen-bond donors (Lipinski definition) is 1. The lowest BCUT2D eigenvalue weighted by Gasteiger charge is -2.60. The van der Waals surface area contributed by atoms with Crippen LogP contribution < -0.4 is 5.32 Å². The summed E-state index contributed by atoms with van der Waals surface area (Å²) >= 11 is 0. The molecule has 1 aliphatic heterocycles. The Morgan fingerprint density at radius 3 is 2.67 bits per heavy atom. The maximum Gasteiger partial charge on any atom is 0.274 e. The molecule has 0 spiro atoms. The summed E-state index contributed by atoms with van der Waals surface area (Å²) in [6.45, 7) is 9.95. The number of imidazole rings is 1. The maximum atomic E-state index is 13.1. The lowest BCUT2D eigenvalue weighted by Crippen LogP contribution is -2.54. The predicted octanol–water partition coefficient (Wildman–Crippen LogP) is 3.58. The summed E-state index contributed by atoms with van der Waals surface area (Å²) in [5, 5.41) is 3.15. The second-order valence-corrected chi connectivity index (χ2v) is 11.5. The predicted molar refractivity (Wildman–Crippen MR) is 125 cm³/mol. The molecule has 33 heavy (non-hydrogen) atoms. The molecule has 2 amide bonds. The number of amides is 2. The van der Waals surface area contributed by atoms with Crippen molar-refractivity contribution in [3.05, 3.63) is 35.8 Å². The highest BCUT2D eigenvalue weighted by atomic mass is 16.2. The quantitative estimate of drug-likeness (QED) is 0.772. The van der Waals surface area contributed by atoms with Crippen LogP contribution in [-0.4, -0.2) is 51.5 Å². The topological polar surface area (TPSA) is 83.8 Å². The SMILES string of the molecule is CC1(C)CN(C(=O)c2cn3c(C(=O)NCC4CC[C@H]5C[C@@H]4C5(C)C)cccc3n2)CCC1=O. The van der Waals surface area contributed by atoms with Gasteiger partial charge in [-0.2, -0.15) is 0 Å². The number of hydrogen-bond acceptors (Lipinski definition) is 4. The summed E-state index contributed by atoms with van der Waals surface area (Å²) in [6.07, 6.45) is 5.73. The molecular weight excluding hydrogens is 416 g/mol. The van der Waals surface area contributed by atoms with Crippen molar-refractivity contribution in [2.24, 2.45) is 28.6 Å². The number of piperidine rings is 1. The Morgan fingerprint density at radius 1 is 1.18 bits per heavy atom. The first-order chi connectivity index (χ1) is 15.6. The molecule has 3 atom stereocenters. The number of rotatable bonds is 4. The zero-order valence-electron chi connectivity index (χ0n) is 20.1. The standard InChI is InChI=1S/C26H34N4O3/c1-25(2)15-29(11-10-21(25)31)24(33)19-14-30-20(6-5-7-22(30)28-19)23(32)27-13-16-8-9-17-12-18(16)26(17,3)4/h5-7,14,16-18H,8-13,15H2,1-4H3,(H,27,32)/t16?,17-,18-/m0/s1. The summed E-state index contributed by atoms with van der Waals surface area (Å²) in [7, 11) is 0. The average molecular weight is 451 g/mol. The van der Waals surface area contributed by atoms with E-state index in [4.69, 9.17) is 0 Å². The molecule has 1 N–H and O–H groups in total. The number of nitrogens with one attached hydrogen (secondary N) is 1. The highest BCUT2D eigenvalue weighted by Crippen LogP contribution is 2.61. The molecule has 0 aromatic carbocycles. The number of carbonyl (C=O) groups excluding carboxylic acids is 3. The molecule has 2 aromatic heterocycles. The molecule has 6 rings (SSSR count). The van der Waals surface area contributed by atoms with Gasteiger partial charge >= 0.3 is 0 Å². The number of aromatic nitrogens is 2. The van der Waals surface area contributed by atoms with Crippen molar-refractivity contribution in [2.45, 2.75) is 53.4 Å². The van der Waals surface area contributed by atoms with Crippen molar-refractivity contribution in [3.8, 4) is 0 Å². The Balaban J connectivity index is 1.31. The summed E-state index contributed by atoms with van der Waals surface area (Å²) in [6, 6.07) is 5.37. The number of pyridine rings is 1. The van der Waals surface area contributed by atoms with Crippen LogP contribution in [0.3, 0.4) is 0 Å². The van der Waals surface area contributed by atoms with Gasteiger partial charge in [-0.3, -0.25) is 18.8 Å². The highest BCUT2D eigenvalue weighted by molar-refractivity contribution is 5.97. The van der Waals surface area contributed by atoms with Crippen LogP contribution in [0, 0.1) is 28.6 Å². The van der Waals surface area contributed by atoms with Gasteiger partial charge in [-0.15, -0.1) is 0 Å². The molecule has 3 heterocycles. The first-order valence-electron chi connectivity index (χ1n) is 12.2. The zero-order chi connectivity index (χ0) is 23.5. The molecular formula is C26H34N4O3. The fourth-order valence-corrected chi connectivity index (χ4v) is 6.37. The minimum absolute atomic E-state index is 0.138. The van der Waals surface area contributed by atoms with Crippen LogP contribution in [-0.2, 0) is 4.79 Å². The molecule has 3 saturated carbocycles. The van der Waals surface area contributed by atoms with Gasteiger partial charge in [0, 0.05) is 37.7 Å². The van der Waals surface area contributed by atoms with Gasteiger partial charge in [0.1, 0.15) is 22.8 Å². The van der Waals surface area contributed by atoms with Gasteiger partial charge in [0.25, 0.3) is 11.8 Å². The lowest BCUT2D eigenvalue weighted by atomic mass is 9.45. The van der Waals surface area contributed by atoms with E-state index in [-0.39, 0.29) is 17.6 Å². The number of nitrogens with zero attached hydrogens (tertiary/aromatic N) is 3. The maximum absolute atomic E-state index is 13.1. The van der Waals surface area contributed by atoms with Crippen molar-refractivity contribution in [1.29, 1.82) is 0 Å². The van der Waals surface area contributed by atoms with Crippen LogP contribution in [0.1, 0.15) is 74.4 Å². The minimum atomic E-state index is -0.549. The van der Waals surface area contributed by atoms with E-state index in [0.717, 1.165) is 5.92 Å². The second-order valence-electron chi connectivity index (χ2n) is 11.5. The number of ketones is 1. The number of fused-ring (bicyclic) bond motifs is 3. The van der Waals surface area contributed by atoms with Crippen LogP contribution in [0.15, 0.2) is 24.4 Å². The van der Waals surface area contributed by atoms with Gasteiger partial charge in [0.2, 0.25) is 0 Å². The van der Waals surface area contributed by atoms with Crippen LogP contribution in [0.4, 0.5) is 0 Å². The van der Waals surface area contributed by atoms with Crippen molar-refractivity contribution in [3.63, 3.8) is 0 Å². The smallest absolute Gasteiger partial charge is 0.274 e. The molecule has 176 valence electrons. The Hall–Kier alpha value is -2.70. The van der Waals surface area contributed by atoms with Gasteiger partial charge in [0.05, 0.1) is 0 Å². The third kappa shape index (κ3) is 3.65. The molecule has 1 unspecified atom stereocenters. The van der Waals surface area contributed by atoms with Gasteiger partial charge in [-0.25, -0.2) is 4.98 Å². The Labute approximate surface area is 194 Å². The summed E-state index contributed by atoms with van der Waals surface area (Å²) in [4.78, 5) is 44.5. The summed E-state index contributed by atoms with van der Waals surface area (Å²) in [5.74, 6) is 1.90. The molecule has 2 aromatic rings. The van der Waals surface area contributed by atoms with Gasteiger partial charge in [-0.1, -0.05) is 33.8 Å². The molecule has 4 aliphatic rings. The molecule has 7 heteroatoms. The van der Waals surface area contributed by atoms with Crippen molar-refractivity contribution >= 4 is 23.2 Å². The second kappa shape index (κ2) is 7.67. The van der Waals surface area contributed by atoms with Crippen LogP contribution in [0.5, 0.6) is 0 Å². The Morgan fingerprint density at radius 2 is 1.97 bits per heavy atom. The fourth-order valence-electron chi connectivity index (χ4n) is 6.37. The number of likely N-dealkylation sites (tertiary alicyclic amines) is 1. The van der Waals surface area contributed by atoms with Crippen molar-refractivity contribution in [1.82, 2.24) is 19.6 Å². The highest BCUT2D eigenvalue weighted by Gasteiger charge is 2.53. The van der Waals surface area contributed by atoms with Crippen LogP contribution in [0.2, 0.25) is 0 Å². The van der Waals surface area contributed by atoms with E-state index in [1.807, 2.05) is 13.8 Å². The van der Waals surface area contributed by atoms with Crippen molar-refractivity contribution in [2.75, 3.05) is 19.6 Å². The monoisotopic (exact) mass is 450 g/mol. The number of carbonyl (C=O) groups is 3. The third-order valence-electron chi connectivity index (χ3n) is 8.71. The van der Waals surface area contributed by atoms with Crippen LogP contribution in [0.25, 0.3) is 5.65 Å².